The Morgan fingerprint density at radius 1 is 0.967 bits per heavy atom. The smallest absolute Gasteiger partial charge is 0.251 e. The first-order chi connectivity index (χ1) is 14.4. The van der Waals surface area contributed by atoms with Crippen molar-refractivity contribution in [2.24, 2.45) is 0 Å². The molecular formula is C21H21N7O2. The second kappa shape index (κ2) is 7.43. The Morgan fingerprint density at radius 2 is 1.63 bits per heavy atom. The van der Waals surface area contributed by atoms with E-state index in [1.165, 1.54) is 0 Å². The minimum atomic E-state index is -0.285. The van der Waals surface area contributed by atoms with Crippen LogP contribution in [-0.4, -0.2) is 50.1 Å². The highest BCUT2D eigenvalue weighted by Crippen LogP contribution is 2.26. The van der Waals surface area contributed by atoms with Crippen molar-refractivity contribution in [1.82, 2.24) is 34.8 Å². The van der Waals surface area contributed by atoms with Gasteiger partial charge in [0, 0.05) is 54.7 Å². The fraction of sp³-hybridized carbons (Fsp3) is 0.190. The second-order valence-corrected chi connectivity index (χ2v) is 6.88. The van der Waals surface area contributed by atoms with E-state index in [1.54, 1.807) is 55.4 Å². The maximum absolute atomic E-state index is 12.3. The number of imidazole rings is 1. The van der Waals surface area contributed by atoms with Crippen LogP contribution in [0.5, 0.6) is 0 Å². The first-order valence-corrected chi connectivity index (χ1v) is 9.38. The first kappa shape index (κ1) is 19.3. The Hall–Kier alpha value is -4.01. The molecular weight excluding hydrogens is 382 g/mol. The number of rotatable bonds is 4. The van der Waals surface area contributed by atoms with Gasteiger partial charge in [0.2, 0.25) is 0 Å². The Kier molecular flexibility index (Phi) is 4.78. The third-order valence-electron chi connectivity index (χ3n) is 4.83. The summed E-state index contributed by atoms with van der Waals surface area (Å²) in [6, 6.07) is 6.94. The van der Waals surface area contributed by atoms with Crippen LogP contribution in [-0.2, 0) is 0 Å². The number of nitrogens with zero attached hydrogens (tertiary/aromatic N) is 5. The van der Waals surface area contributed by atoms with E-state index in [1.807, 2.05) is 24.5 Å². The number of hydrogen-bond donors (Lipinski definition) is 2. The van der Waals surface area contributed by atoms with Gasteiger partial charge in [-0.1, -0.05) is 0 Å². The van der Waals surface area contributed by atoms with Crippen LogP contribution >= 0.6 is 0 Å². The topological polar surface area (TPSA) is 106 Å². The van der Waals surface area contributed by atoms with Crippen LogP contribution < -0.4 is 10.6 Å². The lowest BCUT2D eigenvalue weighted by molar-refractivity contribution is 0.0962. The summed E-state index contributed by atoms with van der Waals surface area (Å²) < 4.78 is 3.58. The molecule has 2 amide bonds. The molecule has 0 spiro atoms. The van der Waals surface area contributed by atoms with Gasteiger partial charge in [-0.15, -0.1) is 0 Å². The molecule has 9 heteroatoms. The highest BCUT2D eigenvalue weighted by atomic mass is 16.2. The van der Waals surface area contributed by atoms with Gasteiger partial charge in [-0.2, -0.15) is 5.10 Å². The number of carbonyl (C=O) groups is 2. The van der Waals surface area contributed by atoms with Gasteiger partial charge in [-0.3, -0.25) is 14.2 Å². The molecule has 4 aromatic rings. The van der Waals surface area contributed by atoms with Crippen LogP contribution in [0.4, 0.5) is 0 Å². The van der Waals surface area contributed by atoms with Crippen LogP contribution in [0.1, 0.15) is 32.1 Å². The zero-order valence-corrected chi connectivity index (χ0v) is 17.1. The fourth-order valence-corrected chi connectivity index (χ4v) is 3.44. The summed E-state index contributed by atoms with van der Waals surface area (Å²) in [6.45, 7) is 3.89. The van der Waals surface area contributed by atoms with Crippen molar-refractivity contribution in [2.45, 2.75) is 13.8 Å². The van der Waals surface area contributed by atoms with Crippen LogP contribution in [0.25, 0.3) is 22.7 Å². The summed E-state index contributed by atoms with van der Waals surface area (Å²) in [6.07, 6.45) is 5.15. The number of benzene rings is 1. The number of carbonyl (C=O) groups excluding carboxylic acids is 2. The third-order valence-corrected chi connectivity index (χ3v) is 4.83. The second-order valence-electron chi connectivity index (χ2n) is 6.88. The van der Waals surface area contributed by atoms with Gasteiger partial charge in [-0.05, 0) is 38.1 Å². The predicted molar refractivity (Wildman–Crippen MR) is 112 cm³/mol. The standard InChI is InChI=1S/C21H21N7O2/c1-12-7-13(2)28-19(26-12)17(11-25-28)18-24-5-6-27(18)16-9-14(20(29)22-3)8-15(10-16)21(30)23-4/h5-11H,1-4H3,(H,22,29)(H,23,30). The minimum Gasteiger partial charge on any atom is -0.355 e. The van der Waals surface area contributed by atoms with Gasteiger partial charge in [0.05, 0.1) is 11.8 Å². The summed E-state index contributed by atoms with van der Waals surface area (Å²) in [5.41, 5.74) is 4.66. The molecule has 0 saturated carbocycles. The van der Waals surface area contributed by atoms with E-state index in [0.29, 0.717) is 28.3 Å². The van der Waals surface area contributed by atoms with Crippen molar-refractivity contribution in [2.75, 3.05) is 14.1 Å². The lowest BCUT2D eigenvalue weighted by Gasteiger charge is -2.12. The molecule has 1 aromatic carbocycles. The first-order valence-electron chi connectivity index (χ1n) is 9.38. The fourth-order valence-electron chi connectivity index (χ4n) is 3.44. The van der Waals surface area contributed by atoms with Gasteiger partial charge in [0.25, 0.3) is 11.8 Å². The predicted octanol–water partition coefficient (Wildman–Crippen LogP) is 1.92. The number of fused-ring (bicyclic) bond motifs is 1. The third kappa shape index (κ3) is 3.20. The molecule has 152 valence electrons. The molecule has 0 fully saturated rings. The molecule has 0 bridgehead atoms. The van der Waals surface area contributed by atoms with Gasteiger partial charge in [0.15, 0.2) is 5.65 Å². The maximum Gasteiger partial charge on any atom is 0.251 e. The normalized spacial score (nSPS) is 10.9. The average Bonchev–Trinajstić information content (AvgIpc) is 3.39. The van der Waals surface area contributed by atoms with Crippen LogP contribution in [0.3, 0.4) is 0 Å². The molecule has 30 heavy (non-hydrogen) atoms. The summed E-state index contributed by atoms with van der Waals surface area (Å²) in [7, 11) is 3.10. The van der Waals surface area contributed by atoms with Crippen LogP contribution in [0.2, 0.25) is 0 Å². The lowest BCUT2D eigenvalue weighted by atomic mass is 10.1. The molecule has 4 rings (SSSR count). The Balaban J connectivity index is 1.92. The highest BCUT2D eigenvalue weighted by Gasteiger charge is 2.18. The molecule has 0 atom stereocenters. The van der Waals surface area contributed by atoms with Crippen molar-refractivity contribution < 1.29 is 9.59 Å². The van der Waals surface area contributed by atoms with Gasteiger partial charge in [0.1, 0.15) is 5.82 Å². The molecule has 0 aliphatic heterocycles. The molecule has 2 N–H and O–H groups in total. The Labute approximate surface area is 172 Å². The van der Waals surface area contributed by atoms with Crippen molar-refractivity contribution in [3.8, 4) is 17.1 Å². The van der Waals surface area contributed by atoms with Gasteiger partial charge < -0.3 is 10.6 Å². The van der Waals surface area contributed by atoms with E-state index in [2.05, 4.69) is 25.7 Å². The van der Waals surface area contributed by atoms with Crippen molar-refractivity contribution in [3.63, 3.8) is 0 Å². The van der Waals surface area contributed by atoms with Crippen LogP contribution in [0.15, 0.2) is 42.9 Å². The Bertz CT molecular complexity index is 1250. The monoisotopic (exact) mass is 403 g/mol. The van der Waals surface area contributed by atoms with Crippen molar-refractivity contribution in [1.29, 1.82) is 0 Å². The van der Waals surface area contributed by atoms with Crippen molar-refractivity contribution in [3.05, 3.63) is 65.4 Å². The molecule has 9 nitrogen and oxygen atoms in total. The largest absolute Gasteiger partial charge is 0.355 e. The summed E-state index contributed by atoms with van der Waals surface area (Å²) in [5.74, 6) is 0.0412. The van der Waals surface area contributed by atoms with Crippen molar-refractivity contribution >= 4 is 17.5 Å². The molecule has 0 aliphatic rings. The van der Waals surface area contributed by atoms with E-state index < -0.39 is 0 Å². The molecule has 0 saturated heterocycles. The SMILES string of the molecule is CNC(=O)c1cc(C(=O)NC)cc(-n2ccnc2-c2cnn3c(C)cc(C)nc23)c1. The summed E-state index contributed by atoms with van der Waals surface area (Å²) >= 11 is 0. The van der Waals surface area contributed by atoms with E-state index in [0.717, 1.165) is 17.0 Å². The number of hydrogen-bond acceptors (Lipinski definition) is 5. The average molecular weight is 403 g/mol. The van der Waals surface area contributed by atoms with E-state index in [4.69, 9.17) is 0 Å². The summed E-state index contributed by atoms with van der Waals surface area (Å²) in [5, 5.41) is 9.64. The number of amides is 2. The van der Waals surface area contributed by atoms with Gasteiger partial charge in [-0.25, -0.2) is 14.5 Å². The molecule has 0 radical (unpaired) electrons. The number of aryl methyl sites for hydroxylation is 2. The quantitative estimate of drug-likeness (QED) is 0.541. The lowest BCUT2D eigenvalue weighted by Crippen LogP contribution is -2.22. The van der Waals surface area contributed by atoms with E-state index in [-0.39, 0.29) is 11.8 Å². The van der Waals surface area contributed by atoms with Gasteiger partial charge >= 0.3 is 0 Å². The minimum absolute atomic E-state index is 0.285. The number of aromatic nitrogens is 5. The zero-order chi connectivity index (χ0) is 21.4. The molecule has 0 unspecified atom stereocenters. The number of nitrogens with one attached hydrogen (secondary N) is 2. The van der Waals surface area contributed by atoms with Crippen LogP contribution in [0, 0.1) is 13.8 Å². The molecule has 3 aromatic heterocycles. The highest BCUT2D eigenvalue weighted by molar-refractivity contribution is 6.00. The maximum atomic E-state index is 12.3. The van der Waals surface area contributed by atoms with E-state index >= 15 is 0 Å². The summed E-state index contributed by atoms with van der Waals surface area (Å²) in [4.78, 5) is 33.7. The zero-order valence-electron chi connectivity index (χ0n) is 17.1. The Morgan fingerprint density at radius 3 is 2.27 bits per heavy atom. The molecule has 0 aliphatic carbocycles. The molecule has 3 heterocycles. The van der Waals surface area contributed by atoms with E-state index in [9.17, 15) is 9.59 Å².